The van der Waals surface area contributed by atoms with Crippen molar-refractivity contribution in [3.8, 4) is 5.69 Å². The summed E-state index contributed by atoms with van der Waals surface area (Å²) in [6, 6.07) is 16.1. The molecule has 1 heterocycles. The molecule has 3 aromatic rings. The van der Waals surface area contributed by atoms with E-state index >= 15 is 0 Å². The summed E-state index contributed by atoms with van der Waals surface area (Å²) in [6.45, 7) is 0. The normalized spacial score (nSPS) is 15.4. The number of methoxy groups -OCH3 is 1. The highest BCUT2D eigenvalue weighted by molar-refractivity contribution is 5.95. The molecule has 0 unspecified atom stereocenters. The van der Waals surface area contributed by atoms with Gasteiger partial charge in [0.1, 0.15) is 5.54 Å². The Balaban J connectivity index is 1.77. The van der Waals surface area contributed by atoms with E-state index in [1.807, 2.05) is 24.3 Å². The second kappa shape index (κ2) is 8.44. The lowest BCUT2D eigenvalue weighted by Crippen LogP contribution is -2.49. The van der Waals surface area contributed by atoms with E-state index in [9.17, 15) is 9.59 Å². The number of tetrazole rings is 1. The van der Waals surface area contributed by atoms with Crippen molar-refractivity contribution >= 4 is 11.9 Å². The van der Waals surface area contributed by atoms with Gasteiger partial charge in [-0.15, -0.1) is 5.10 Å². The molecular weight excluding hydrogens is 382 g/mol. The van der Waals surface area contributed by atoms with Crippen molar-refractivity contribution in [2.45, 2.75) is 37.6 Å². The number of rotatable bonds is 5. The SMILES string of the molecule is COC(=O)c1ccccc1-n1nnnc1C1(NC(=O)c2ccccc2)CCCCC1. The van der Waals surface area contributed by atoms with Crippen LogP contribution in [0.25, 0.3) is 5.69 Å². The van der Waals surface area contributed by atoms with Gasteiger partial charge in [0.05, 0.1) is 18.4 Å². The molecule has 1 amide bonds. The number of carbonyl (C=O) groups excluding carboxylic acids is 2. The predicted octanol–water partition coefficient (Wildman–Crippen LogP) is 3.04. The van der Waals surface area contributed by atoms with Gasteiger partial charge in [-0.25, -0.2) is 4.79 Å². The third kappa shape index (κ3) is 3.68. The van der Waals surface area contributed by atoms with Crippen LogP contribution in [-0.4, -0.2) is 39.2 Å². The molecule has 0 radical (unpaired) electrons. The third-order valence-corrected chi connectivity index (χ3v) is 5.53. The maximum absolute atomic E-state index is 13.0. The zero-order chi connectivity index (χ0) is 21.0. The van der Waals surface area contributed by atoms with E-state index in [1.165, 1.54) is 7.11 Å². The fraction of sp³-hybridized carbons (Fsp3) is 0.318. The lowest BCUT2D eigenvalue weighted by Gasteiger charge is -2.36. The Morgan fingerprint density at radius 3 is 2.43 bits per heavy atom. The summed E-state index contributed by atoms with van der Waals surface area (Å²) < 4.78 is 6.46. The number of para-hydroxylation sites is 1. The molecule has 30 heavy (non-hydrogen) atoms. The van der Waals surface area contributed by atoms with Crippen LogP contribution >= 0.6 is 0 Å². The third-order valence-electron chi connectivity index (χ3n) is 5.53. The summed E-state index contributed by atoms with van der Waals surface area (Å²) in [5, 5.41) is 15.5. The summed E-state index contributed by atoms with van der Waals surface area (Å²) in [6.07, 6.45) is 4.41. The lowest BCUT2D eigenvalue weighted by atomic mass is 9.80. The van der Waals surface area contributed by atoms with Crippen molar-refractivity contribution in [1.82, 2.24) is 25.5 Å². The van der Waals surface area contributed by atoms with E-state index in [-0.39, 0.29) is 5.91 Å². The van der Waals surface area contributed by atoms with Gasteiger partial charge in [-0.3, -0.25) is 4.79 Å². The molecule has 1 N–H and O–H groups in total. The van der Waals surface area contributed by atoms with Crippen LogP contribution in [0, 0.1) is 0 Å². The minimum atomic E-state index is -0.724. The lowest BCUT2D eigenvalue weighted by molar-refractivity contribution is 0.0599. The number of amides is 1. The van der Waals surface area contributed by atoms with Gasteiger partial charge in [0, 0.05) is 5.56 Å². The number of aromatic nitrogens is 4. The summed E-state index contributed by atoms with van der Waals surface area (Å²) in [7, 11) is 1.34. The van der Waals surface area contributed by atoms with Crippen LogP contribution in [0.4, 0.5) is 0 Å². The van der Waals surface area contributed by atoms with Crippen molar-refractivity contribution < 1.29 is 14.3 Å². The summed E-state index contributed by atoms with van der Waals surface area (Å²) in [5.41, 5.74) is 0.728. The second-order valence-electron chi connectivity index (χ2n) is 7.39. The van der Waals surface area contributed by atoms with E-state index in [0.717, 1.165) is 19.3 Å². The van der Waals surface area contributed by atoms with Crippen LogP contribution in [0.3, 0.4) is 0 Å². The minimum absolute atomic E-state index is 0.173. The highest BCUT2D eigenvalue weighted by Crippen LogP contribution is 2.37. The van der Waals surface area contributed by atoms with E-state index in [1.54, 1.807) is 35.0 Å². The molecule has 2 aromatic carbocycles. The molecule has 154 valence electrons. The van der Waals surface area contributed by atoms with Crippen LogP contribution in [0.5, 0.6) is 0 Å². The highest BCUT2D eigenvalue weighted by atomic mass is 16.5. The fourth-order valence-corrected chi connectivity index (χ4v) is 4.03. The Morgan fingerprint density at radius 1 is 1.00 bits per heavy atom. The van der Waals surface area contributed by atoms with Crippen LogP contribution in [-0.2, 0) is 10.3 Å². The number of ether oxygens (including phenoxy) is 1. The zero-order valence-electron chi connectivity index (χ0n) is 16.7. The molecule has 0 aliphatic heterocycles. The molecule has 0 spiro atoms. The minimum Gasteiger partial charge on any atom is -0.465 e. The van der Waals surface area contributed by atoms with Gasteiger partial charge >= 0.3 is 5.97 Å². The Kier molecular flexibility index (Phi) is 5.56. The molecule has 1 aliphatic carbocycles. The molecule has 4 rings (SSSR count). The van der Waals surface area contributed by atoms with Crippen molar-refractivity contribution in [1.29, 1.82) is 0 Å². The second-order valence-corrected chi connectivity index (χ2v) is 7.39. The summed E-state index contributed by atoms with van der Waals surface area (Å²) in [5.74, 6) is -0.130. The van der Waals surface area contributed by atoms with Gasteiger partial charge in [0.15, 0.2) is 5.82 Å². The van der Waals surface area contributed by atoms with Crippen LogP contribution in [0.1, 0.15) is 58.6 Å². The molecule has 8 nitrogen and oxygen atoms in total. The largest absolute Gasteiger partial charge is 0.465 e. The van der Waals surface area contributed by atoms with Gasteiger partial charge in [-0.1, -0.05) is 49.6 Å². The first-order valence-electron chi connectivity index (χ1n) is 9.99. The Bertz CT molecular complexity index is 1040. The van der Waals surface area contributed by atoms with Crippen molar-refractivity contribution in [2.75, 3.05) is 7.11 Å². The predicted molar refractivity (Wildman–Crippen MR) is 109 cm³/mol. The van der Waals surface area contributed by atoms with Gasteiger partial charge in [0.2, 0.25) is 0 Å². The van der Waals surface area contributed by atoms with Gasteiger partial charge in [-0.05, 0) is 47.5 Å². The molecule has 1 aromatic heterocycles. The first-order chi connectivity index (χ1) is 14.6. The monoisotopic (exact) mass is 405 g/mol. The average Bonchev–Trinajstić information content (AvgIpc) is 3.30. The van der Waals surface area contributed by atoms with Gasteiger partial charge < -0.3 is 10.1 Å². The molecule has 8 heteroatoms. The first kappa shape index (κ1) is 19.8. The number of nitrogens with one attached hydrogen (secondary N) is 1. The van der Waals surface area contributed by atoms with Crippen LogP contribution < -0.4 is 5.32 Å². The maximum Gasteiger partial charge on any atom is 0.340 e. The standard InChI is InChI=1S/C22H23N5O3/c1-30-20(29)17-12-6-7-13-18(17)27-21(24-25-26-27)22(14-8-3-9-15-22)23-19(28)16-10-4-2-5-11-16/h2,4-7,10-13H,3,8-9,14-15H2,1H3,(H,23,28). The number of hydrogen-bond acceptors (Lipinski definition) is 6. The van der Waals surface area contributed by atoms with E-state index in [4.69, 9.17) is 4.74 Å². The Labute approximate surface area is 174 Å². The number of benzene rings is 2. The summed E-state index contributed by atoms with van der Waals surface area (Å²) >= 11 is 0. The molecular formula is C22H23N5O3. The number of esters is 1. The quantitative estimate of drug-likeness (QED) is 0.655. The smallest absolute Gasteiger partial charge is 0.340 e. The average molecular weight is 405 g/mol. The van der Waals surface area contributed by atoms with E-state index < -0.39 is 11.5 Å². The highest BCUT2D eigenvalue weighted by Gasteiger charge is 2.41. The number of nitrogens with zero attached hydrogens (tertiary/aromatic N) is 4. The Hall–Kier alpha value is -3.55. The molecule has 1 aliphatic rings. The Morgan fingerprint density at radius 2 is 1.70 bits per heavy atom. The molecule has 0 saturated heterocycles. The maximum atomic E-state index is 13.0. The van der Waals surface area contributed by atoms with E-state index in [0.29, 0.717) is 35.5 Å². The topological polar surface area (TPSA) is 99.0 Å². The van der Waals surface area contributed by atoms with Gasteiger partial charge in [-0.2, -0.15) is 4.68 Å². The van der Waals surface area contributed by atoms with Crippen molar-refractivity contribution in [2.24, 2.45) is 0 Å². The number of carbonyl (C=O) groups is 2. The summed E-state index contributed by atoms with van der Waals surface area (Å²) in [4.78, 5) is 25.3. The fourth-order valence-electron chi connectivity index (χ4n) is 4.03. The first-order valence-corrected chi connectivity index (χ1v) is 9.99. The molecule has 1 saturated carbocycles. The molecule has 0 atom stereocenters. The van der Waals surface area contributed by atoms with Crippen molar-refractivity contribution in [3.05, 3.63) is 71.5 Å². The number of hydrogen-bond donors (Lipinski definition) is 1. The zero-order valence-corrected chi connectivity index (χ0v) is 16.7. The van der Waals surface area contributed by atoms with Gasteiger partial charge in [0.25, 0.3) is 5.91 Å². The van der Waals surface area contributed by atoms with Crippen LogP contribution in [0.2, 0.25) is 0 Å². The molecule has 0 bridgehead atoms. The molecule has 1 fully saturated rings. The van der Waals surface area contributed by atoms with Crippen LogP contribution in [0.15, 0.2) is 54.6 Å². The van der Waals surface area contributed by atoms with Crippen molar-refractivity contribution in [3.63, 3.8) is 0 Å². The van der Waals surface area contributed by atoms with E-state index in [2.05, 4.69) is 20.8 Å².